The van der Waals surface area contributed by atoms with E-state index in [0.717, 1.165) is 31.1 Å². The van der Waals surface area contributed by atoms with E-state index in [1.54, 1.807) is 6.26 Å². The van der Waals surface area contributed by atoms with Crippen LogP contribution in [0.1, 0.15) is 29.9 Å². The predicted octanol–water partition coefficient (Wildman–Crippen LogP) is 3.07. The zero-order valence-corrected chi connectivity index (χ0v) is 10.5. The summed E-state index contributed by atoms with van der Waals surface area (Å²) in [5, 5.41) is 3.46. The number of furan rings is 1. The summed E-state index contributed by atoms with van der Waals surface area (Å²) in [6, 6.07) is 10.6. The maximum absolute atomic E-state index is 5.52. The molecule has 0 saturated heterocycles. The molecule has 1 aromatic heterocycles. The van der Waals surface area contributed by atoms with Gasteiger partial charge in [0, 0.05) is 12.5 Å². The van der Waals surface area contributed by atoms with E-state index in [9.17, 15) is 0 Å². The summed E-state index contributed by atoms with van der Waals surface area (Å²) in [4.78, 5) is 0. The van der Waals surface area contributed by atoms with Crippen LogP contribution in [0.2, 0.25) is 0 Å². The van der Waals surface area contributed by atoms with Crippen LogP contribution in [-0.4, -0.2) is 6.61 Å². The average Bonchev–Trinajstić information content (AvgIpc) is 3.05. The van der Waals surface area contributed by atoms with Gasteiger partial charge >= 0.3 is 0 Å². The first-order valence-electron chi connectivity index (χ1n) is 6.34. The van der Waals surface area contributed by atoms with Gasteiger partial charge in [0.2, 0.25) is 0 Å². The van der Waals surface area contributed by atoms with Gasteiger partial charge in [0.25, 0.3) is 0 Å². The molecule has 0 aliphatic carbocycles. The fraction of sp³-hybridized carbons (Fsp3) is 0.333. The third-order valence-corrected chi connectivity index (χ3v) is 3.38. The number of fused-ring (bicyclic) bond motifs is 1. The Kier molecular flexibility index (Phi) is 3.07. The second-order valence-corrected chi connectivity index (χ2v) is 4.65. The Morgan fingerprint density at radius 1 is 1.33 bits per heavy atom. The second kappa shape index (κ2) is 4.86. The first-order chi connectivity index (χ1) is 8.83. The molecule has 18 heavy (non-hydrogen) atoms. The van der Waals surface area contributed by atoms with Crippen LogP contribution in [0.3, 0.4) is 0 Å². The second-order valence-electron chi connectivity index (χ2n) is 4.65. The maximum Gasteiger partial charge on any atom is 0.122 e. The van der Waals surface area contributed by atoms with Gasteiger partial charge in [0.15, 0.2) is 0 Å². The van der Waals surface area contributed by atoms with Crippen molar-refractivity contribution < 1.29 is 9.15 Å². The number of hydrogen-bond donors (Lipinski definition) is 1. The molecule has 1 atom stereocenters. The van der Waals surface area contributed by atoms with E-state index in [-0.39, 0.29) is 0 Å². The number of rotatable bonds is 4. The summed E-state index contributed by atoms with van der Waals surface area (Å²) in [5.74, 6) is 2.00. The number of ether oxygens (including phenoxy) is 1. The van der Waals surface area contributed by atoms with Crippen molar-refractivity contribution in [1.82, 2.24) is 5.32 Å². The van der Waals surface area contributed by atoms with Crippen molar-refractivity contribution in [2.24, 2.45) is 0 Å². The Balaban J connectivity index is 1.67. The highest BCUT2D eigenvalue weighted by atomic mass is 16.5. The van der Waals surface area contributed by atoms with Gasteiger partial charge in [0.05, 0.1) is 19.4 Å². The van der Waals surface area contributed by atoms with Crippen LogP contribution in [-0.2, 0) is 13.0 Å². The molecule has 1 N–H and O–H groups in total. The van der Waals surface area contributed by atoms with Crippen LogP contribution in [0, 0.1) is 0 Å². The van der Waals surface area contributed by atoms with E-state index in [1.165, 1.54) is 11.1 Å². The van der Waals surface area contributed by atoms with E-state index in [2.05, 4.69) is 30.4 Å². The van der Waals surface area contributed by atoms with Crippen molar-refractivity contribution in [3.8, 4) is 5.75 Å². The van der Waals surface area contributed by atoms with Gasteiger partial charge in [-0.25, -0.2) is 0 Å². The third-order valence-electron chi connectivity index (χ3n) is 3.38. The predicted molar refractivity (Wildman–Crippen MR) is 69.6 cm³/mol. The minimum absolute atomic E-state index is 0.306. The van der Waals surface area contributed by atoms with Gasteiger partial charge in [-0.3, -0.25) is 0 Å². The van der Waals surface area contributed by atoms with Gasteiger partial charge < -0.3 is 14.5 Å². The van der Waals surface area contributed by atoms with Crippen molar-refractivity contribution >= 4 is 0 Å². The van der Waals surface area contributed by atoms with Crippen molar-refractivity contribution in [2.75, 3.05) is 6.61 Å². The molecule has 1 aliphatic heterocycles. The first kappa shape index (κ1) is 11.4. The zero-order chi connectivity index (χ0) is 12.4. The van der Waals surface area contributed by atoms with Crippen molar-refractivity contribution in [3.63, 3.8) is 0 Å². The summed E-state index contributed by atoms with van der Waals surface area (Å²) in [6.45, 7) is 3.73. The van der Waals surface area contributed by atoms with E-state index in [1.807, 2.05) is 12.1 Å². The van der Waals surface area contributed by atoms with Gasteiger partial charge in [-0.05, 0) is 36.2 Å². The lowest BCUT2D eigenvalue weighted by atomic mass is 10.0. The largest absolute Gasteiger partial charge is 0.493 e. The normalized spacial score (nSPS) is 15.2. The first-order valence-corrected chi connectivity index (χ1v) is 6.34. The molecule has 0 saturated carbocycles. The summed E-state index contributed by atoms with van der Waals surface area (Å²) in [6.07, 6.45) is 2.72. The van der Waals surface area contributed by atoms with Crippen LogP contribution in [0.15, 0.2) is 41.0 Å². The molecule has 1 aromatic carbocycles. The highest BCUT2D eigenvalue weighted by molar-refractivity contribution is 5.40. The highest BCUT2D eigenvalue weighted by Gasteiger charge is 2.14. The number of benzene rings is 1. The van der Waals surface area contributed by atoms with Crippen molar-refractivity contribution in [1.29, 1.82) is 0 Å². The summed E-state index contributed by atoms with van der Waals surface area (Å²) in [5.41, 5.74) is 2.62. The topological polar surface area (TPSA) is 34.4 Å². The fourth-order valence-electron chi connectivity index (χ4n) is 2.26. The molecule has 3 heteroatoms. The standard InChI is InChI=1S/C15H17NO2/c1-11(16-10-14-3-2-7-17-14)12-4-5-15-13(9-12)6-8-18-15/h2-5,7,9,11,16H,6,8,10H2,1H3. The molecular weight excluding hydrogens is 226 g/mol. The zero-order valence-electron chi connectivity index (χ0n) is 10.5. The van der Waals surface area contributed by atoms with E-state index >= 15 is 0 Å². The molecule has 0 bridgehead atoms. The Labute approximate surface area is 107 Å². The Morgan fingerprint density at radius 3 is 3.11 bits per heavy atom. The lowest BCUT2D eigenvalue weighted by Crippen LogP contribution is -2.17. The molecule has 0 fully saturated rings. The fourth-order valence-corrected chi connectivity index (χ4v) is 2.26. The average molecular weight is 243 g/mol. The molecule has 3 nitrogen and oxygen atoms in total. The van der Waals surface area contributed by atoms with E-state index in [4.69, 9.17) is 9.15 Å². The van der Waals surface area contributed by atoms with Crippen LogP contribution >= 0.6 is 0 Å². The Hall–Kier alpha value is -1.74. The molecule has 1 unspecified atom stereocenters. The van der Waals surface area contributed by atoms with Crippen molar-refractivity contribution in [3.05, 3.63) is 53.5 Å². The van der Waals surface area contributed by atoms with E-state index < -0.39 is 0 Å². The van der Waals surface area contributed by atoms with Gasteiger partial charge in [-0.2, -0.15) is 0 Å². The summed E-state index contributed by atoms with van der Waals surface area (Å²) >= 11 is 0. The molecule has 0 spiro atoms. The molecule has 3 rings (SSSR count). The Morgan fingerprint density at radius 2 is 2.28 bits per heavy atom. The van der Waals surface area contributed by atoms with E-state index in [0.29, 0.717) is 6.04 Å². The minimum atomic E-state index is 0.306. The molecule has 2 aromatic rings. The van der Waals surface area contributed by atoms with Gasteiger partial charge in [0.1, 0.15) is 11.5 Å². The molecule has 1 aliphatic rings. The minimum Gasteiger partial charge on any atom is -0.493 e. The maximum atomic E-state index is 5.52. The Bertz CT molecular complexity index is 519. The van der Waals surface area contributed by atoms with Gasteiger partial charge in [-0.15, -0.1) is 0 Å². The van der Waals surface area contributed by atoms with Crippen LogP contribution < -0.4 is 10.1 Å². The molecule has 0 radical (unpaired) electrons. The van der Waals surface area contributed by atoms with Crippen LogP contribution in [0.4, 0.5) is 0 Å². The number of nitrogens with one attached hydrogen (secondary N) is 1. The quantitative estimate of drug-likeness (QED) is 0.896. The van der Waals surface area contributed by atoms with Gasteiger partial charge in [-0.1, -0.05) is 12.1 Å². The van der Waals surface area contributed by atoms with Crippen LogP contribution in [0.5, 0.6) is 5.75 Å². The van der Waals surface area contributed by atoms with Crippen LogP contribution in [0.25, 0.3) is 0 Å². The lowest BCUT2D eigenvalue weighted by Gasteiger charge is -2.14. The van der Waals surface area contributed by atoms with Crippen molar-refractivity contribution in [2.45, 2.75) is 25.9 Å². The highest BCUT2D eigenvalue weighted by Crippen LogP contribution is 2.28. The summed E-state index contributed by atoms with van der Waals surface area (Å²) in [7, 11) is 0. The molecular formula is C15H17NO2. The molecule has 94 valence electrons. The SMILES string of the molecule is CC(NCc1ccco1)c1ccc2c(c1)CCO2. The third kappa shape index (κ3) is 2.27. The smallest absolute Gasteiger partial charge is 0.122 e. The summed E-state index contributed by atoms with van der Waals surface area (Å²) < 4.78 is 10.8. The molecule has 0 amide bonds. The monoisotopic (exact) mass is 243 g/mol. The number of hydrogen-bond acceptors (Lipinski definition) is 3. The molecule has 2 heterocycles. The lowest BCUT2D eigenvalue weighted by molar-refractivity contribution is 0.356.